The van der Waals surface area contributed by atoms with Gasteiger partial charge in [0, 0.05) is 12.7 Å². The van der Waals surface area contributed by atoms with Gasteiger partial charge < -0.3 is 18.9 Å². The highest BCUT2D eigenvalue weighted by Gasteiger charge is 2.52. The van der Waals surface area contributed by atoms with Crippen LogP contribution in [0.2, 0.25) is 0 Å². The zero-order chi connectivity index (χ0) is 26.0. The maximum Gasteiger partial charge on any atom is 0.338 e. The molecule has 0 aromatic heterocycles. The molecule has 5 heteroatoms. The zero-order valence-electron chi connectivity index (χ0n) is 22.6. The number of allylic oxidation sites excluding steroid dienone is 1. The van der Waals surface area contributed by atoms with Crippen molar-refractivity contribution in [2.45, 2.75) is 71.0 Å². The molecular weight excluding hydrogens is 464 g/mol. The number of methoxy groups -OCH3 is 1. The van der Waals surface area contributed by atoms with Gasteiger partial charge in [-0.05, 0) is 123 Å². The van der Waals surface area contributed by atoms with Crippen LogP contribution in [0.15, 0.2) is 42.5 Å². The maximum atomic E-state index is 12.0. The summed E-state index contributed by atoms with van der Waals surface area (Å²) in [4.78, 5) is 12.0. The first kappa shape index (κ1) is 26.0. The van der Waals surface area contributed by atoms with Gasteiger partial charge in [0.05, 0.1) is 12.2 Å². The van der Waals surface area contributed by atoms with Gasteiger partial charge in [-0.1, -0.05) is 24.3 Å². The molecular formula is C32H40O5. The van der Waals surface area contributed by atoms with Crippen molar-refractivity contribution in [2.75, 3.05) is 20.5 Å². The van der Waals surface area contributed by atoms with E-state index in [1.165, 1.54) is 55.2 Å². The first-order valence-electron chi connectivity index (χ1n) is 13.8. The van der Waals surface area contributed by atoms with E-state index < -0.39 is 0 Å². The van der Waals surface area contributed by atoms with Crippen molar-refractivity contribution in [1.29, 1.82) is 0 Å². The largest absolute Gasteiger partial charge is 0.467 e. The average Bonchev–Trinajstić information content (AvgIpc) is 2.88. The Hall–Kier alpha value is -2.63. The summed E-state index contributed by atoms with van der Waals surface area (Å²) >= 11 is 0. The molecule has 5 nitrogen and oxygen atoms in total. The summed E-state index contributed by atoms with van der Waals surface area (Å²) < 4.78 is 22.3. The van der Waals surface area contributed by atoms with Crippen LogP contribution in [0.5, 0.6) is 5.75 Å². The molecule has 4 fully saturated rings. The highest BCUT2D eigenvalue weighted by molar-refractivity contribution is 5.90. The summed E-state index contributed by atoms with van der Waals surface area (Å²) in [5.74, 6) is 3.21. The van der Waals surface area contributed by atoms with Crippen molar-refractivity contribution in [3.05, 3.63) is 64.7 Å². The third kappa shape index (κ3) is 5.63. The second kappa shape index (κ2) is 11.0. The standard InChI is InChI=1S/C32H40O5/c1-5-35-31(33)27-8-6-23(7-9-27)12-21(2)28-10-11-30(37-20-36-22(3)34-4)29(16-28)32-17-24-13-25(18-32)15-26(14-24)19-32/h6-12,16,22,24-26H,5,13-15,17-20H2,1-4H3/b21-12+. The van der Waals surface area contributed by atoms with E-state index in [9.17, 15) is 4.79 Å². The highest BCUT2D eigenvalue weighted by Crippen LogP contribution is 2.62. The van der Waals surface area contributed by atoms with Crippen LogP contribution in [0.25, 0.3) is 11.6 Å². The van der Waals surface area contributed by atoms with Crippen LogP contribution in [0.1, 0.15) is 86.3 Å². The van der Waals surface area contributed by atoms with Crippen LogP contribution in [0.3, 0.4) is 0 Å². The molecule has 4 saturated carbocycles. The summed E-state index contributed by atoms with van der Waals surface area (Å²) in [5, 5.41) is 0. The highest BCUT2D eigenvalue weighted by atomic mass is 16.7. The molecule has 0 N–H and O–H groups in total. The van der Waals surface area contributed by atoms with E-state index in [2.05, 4.69) is 31.2 Å². The maximum absolute atomic E-state index is 12.0. The molecule has 198 valence electrons. The van der Waals surface area contributed by atoms with Crippen LogP contribution in [-0.4, -0.2) is 32.8 Å². The topological polar surface area (TPSA) is 54.0 Å². The Labute approximate surface area is 221 Å². The van der Waals surface area contributed by atoms with Crippen LogP contribution < -0.4 is 4.74 Å². The molecule has 0 spiro atoms. The Balaban J connectivity index is 1.43. The Morgan fingerprint density at radius 2 is 1.62 bits per heavy atom. The molecule has 1 unspecified atom stereocenters. The van der Waals surface area contributed by atoms with Crippen LogP contribution in [0, 0.1) is 17.8 Å². The van der Waals surface area contributed by atoms with Gasteiger partial charge in [0.2, 0.25) is 0 Å². The van der Waals surface area contributed by atoms with E-state index in [1.54, 1.807) is 7.11 Å². The fraction of sp³-hybridized carbons (Fsp3) is 0.531. The number of ether oxygens (including phenoxy) is 4. The first-order valence-corrected chi connectivity index (χ1v) is 13.8. The number of hydrogen-bond acceptors (Lipinski definition) is 5. The van der Waals surface area contributed by atoms with E-state index in [1.807, 2.05) is 38.1 Å². The van der Waals surface area contributed by atoms with Crippen molar-refractivity contribution in [3.63, 3.8) is 0 Å². The van der Waals surface area contributed by atoms with Crippen LogP contribution >= 0.6 is 0 Å². The predicted octanol–water partition coefficient (Wildman–Crippen LogP) is 7.24. The molecule has 0 aliphatic heterocycles. The van der Waals surface area contributed by atoms with Gasteiger partial charge in [0.1, 0.15) is 5.75 Å². The van der Waals surface area contributed by atoms with Gasteiger partial charge in [-0.25, -0.2) is 4.79 Å². The molecule has 2 aromatic carbocycles. The molecule has 0 heterocycles. The quantitative estimate of drug-likeness (QED) is 0.194. The zero-order valence-corrected chi connectivity index (χ0v) is 22.6. The van der Waals surface area contributed by atoms with Crippen molar-refractivity contribution in [1.82, 2.24) is 0 Å². The monoisotopic (exact) mass is 504 g/mol. The van der Waals surface area contributed by atoms with Gasteiger partial charge in [-0.3, -0.25) is 0 Å². The minimum Gasteiger partial charge on any atom is -0.467 e. The number of carbonyl (C=O) groups is 1. The molecule has 0 amide bonds. The van der Waals surface area contributed by atoms with E-state index in [-0.39, 0.29) is 24.5 Å². The Morgan fingerprint density at radius 1 is 1.00 bits per heavy atom. The van der Waals surface area contributed by atoms with Crippen LogP contribution in [-0.2, 0) is 19.6 Å². The lowest BCUT2D eigenvalue weighted by atomic mass is 9.48. The summed E-state index contributed by atoms with van der Waals surface area (Å²) in [7, 11) is 1.64. The third-order valence-corrected chi connectivity index (χ3v) is 8.70. The Kier molecular flexibility index (Phi) is 7.73. The minimum absolute atomic E-state index is 0.176. The minimum atomic E-state index is -0.303. The lowest BCUT2D eigenvalue weighted by Crippen LogP contribution is -2.48. The second-order valence-electron chi connectivity index (χ2n) is 11.3. The van der Waals surface area contributed by atoms with E-state index >= 15 is 0 Å². The lowest BCUT2D eigenvalue weighted by Gasteiger charge is -2.57. The molecule has 4 aliphatic carbocycles. The van der Waals surface area contributed by atoms with Crippen molar-refractivity contribution < 1.29 is 23.7 Å². The van der Waals surface area contributed by atoms with Gasteiger partial charge in [0.25, 0.3) is 0 Å². The molecule has 4 aliphatic rings. The fourth-order valence-electron chi connectivity index (χ4n) is 7.28. The number of esters is 1. The molecule has 6 rings (SSSR count). The van der Waals surface area contributed by atoms with Crippen molar-refractivity contribution in [3.8, 4) is 5.75 Å². The normalized spacial score (nSPS) is 27.2. The summed E-state index contributed by atoms with van der Waals surface area (Å²) in [6.07, 6.45) is 9.91. The smallest absolute Gasteiger partial charge is 0.338 e. The average molecular weight is 505 g/mol. The third-order valence-electron chi connectivity index (χ3n) is 8.70. The number of carbonyl (C=O) groups excluding carboxylic acids is 1. The van der Waals surface area contributed by atoms with Gasteiger partial charge in [0.15, 0.2) is 13.1 Å². The van der Waals surface area contributed by atoms with E-state index in [4.69, 9.17) is 18.9 Å². The van der Waals surface area contributed by atoms with Crippen LogP contribution in [0.4, 0.5) is 0 Å². The first-order chi connectivity index (χ1) is 17.9. The number of rotatable bonds is 10. The summed E-state index contributed by atoms with van der Waals surface area (Å²) in [6, 6.07) is 14.3. The van der Waals surface area contributed by atoms with Crippen molar-refractivity contribution in [2.24, 2.45) is 17.8 Å². The number of hydrogen-bond donors (Lipinski definition) is 0. The van der Waals surface area contributed by atoms with Gasteiger partial charge in [-0.15, -0.1) is 0 Å². The fourth-order valence-corrected chi connectivity index (χ4v) is 7.28. The van der Waals surface area contributed by atoms with Crippen molar-refractivity contribution >= 4 is 17.6 Å². The summed E-state index contributed by atoms with van der Waals surface area (Å²) in [6.45, 7) is 6.40. The van der Waals surface area contributed by atoms with E-state index in [0.717, 1.165) is 29.1 Å². The molecule has 37 heavy (non-hydrogen) atoms. The van der Waals surface area contributed by atoms with Gasteiger partial charge >= 0.3 is 5.97 Å². The Bertz CT molecular complexity index is 1100. The molecule has 1 atom stereocenters. The summed E-state index contributed by atoms with van der Waals surface area (Å²) in [5.41, 5.74) is 5.58. The molecule has 0 saturated heterocycles. The second-order valence-corrected chi connectivity index (χ2v) is 11.3. The molecule has 2 aromatic rings. The number of benzene rings is 2. The molecule has 0 radical (unpaired) electrons. The SMILES string of the molecule is CCOC(=O)c1ccc(/C=C(\C)c2ccc(OCOC(C)OC)c(C34CC5CC(CC(C5)C3)C4)c2)cc1. The molecule has 4 bridgehead atoms. The van der Waals surface area contributed by atoms with E-state index in [0.29, 0.717) is 12.2 Å². The predicted molar refractivity (Wildman–Crippen MR) is 145 cm³/mol. The van der Waals surface area contributed by atoms with Gasteiger partial charge in [-0.2, -0.15) is 0 Å². The lowest BCUT2D eigenvalue weighted by molar-refractivity contribution is -0.150. The Morgan fingerprint density at radius 3 is 2.22 bits per heavy atom.